The molecular formula is C11H11BrCl2O. The van der Waals surface area contributed by atoms with Crippen molar-refractivity contribution in [2.75, 3.05) is 6.61 Å². The molecule has 1 aromatic carbocycles. The van der Waals surface area contributed by atoms with Crippen LogP contribution in [0.25, 0.3) is 0 Å². The van der Waals surface area contributed by atoms with Gasteiger partial charge in [-0.2, -0.15) is 0 Å². The van der Waals surface area contributed by atoms with E-state index < -0.39 is 0 Å². The number of benzene rings is 1. The average molecular weight is 310 g/mol. The molecule has 4 heteroatoms. The van der Waals surface area contributed by atoms with E-state index in [9.17, 15) is 0 Å². The summed E-state index contributed by atoms with van der Waals surface area (Å²) in [5, 5.41) is 1.44. The number of hydrogen-bond donors (Lipinski definition) is 0. The molecule has 0 aromatic heterocycles. The Kier molecular flexibility index (Phi) is 3.94. The zero-order valence-corrected chi connectivity index (χ0v) is 11.1. The number of ether oxygens (including phenoxy) is 1. The minimum atomic E-state index is 0.131. The van der Waals surface area contributed by atoms with Crippen LogP contribution in [0.1, 0.15) is 23.2 Å². The Morgan fingerprint density at radius 3 is 2.87 bits per heavy atom. The van der Waals surface area contributed by atoms with Crippen molar-refractivity contribution in [3.8, 4) is 0 Å². The second-order valence-electron chi connectivity index (χ2n) is 3.62. The largest absolute Gasteiger partial charge is 0.377 e. The van der Waals surface area contributed by atoms with Gasteiger partial charge in [-0.15, -0.1) is 0 Å². The molecule has 0 aliphatic carbocycles. The summed E-state index contributed by atoms with van der Waals surface area (Å²) < 4.78 is 5.62. The smallest absolute Gasteiger partial charge is 0.0742 e. The second kappa shape index (κ2) is 5.05. The van der Waals surface area contributed by atoms with Gasteiger partial charge in [-0.05, 0) is 36.6 Å². The molecule has 0 saturated carbocycles. The van der Waals surface area contributed by atoms with Gasteiger partial charge in [0.15, 0.2) is 0 Å². The van der Waals surface area contributed by atoms with E-state index in [0.717, 1.165) is 30.0 Å². The van der Waals surface area contributed by atoms with Gasteiger partial charge >= 0.3 is 0 Å². The van der Waals surface area contributed by atoms with Gasteiger partial charge in [0.2, 0.25) is 0 Å². The summed E-state index contributed by atoms with van der Waals surface area (Å²) in [6, 6.07) is 5.51. The van der Waals surface area contributed by atoms with Crippen molar-refractivity contribution in [1.29, 1.82) is 0 Å². The van der Waals surface area contributed by atoms with Crippen LogP contribution in [0, 0.1) is 0 Å². The van der Waals surface area contributed by atoms with Crippen LogP contribution in [0.15, 0.2) is 18.2 Å². The van der Waals surface area contributed by atoms with Gasteiger partial charge in [0.1, 0.15) is 0 Å². The van der Waals surface area contributed by atoms with Crippen LogP contribution in [-0.4, -0.2) is 12.7 Å². The Balaban J connectivity index is 2.23. The van der Waals surface area contributed by atoms with Gasteiger partial charge in [0.05, 0.1) is 10.9 Å². The first-order valence-electron chi connectivity index (χ1n) is 4.89. The third-order valence-electron chi connectivity index (χ3n) is 2.55. The Bertz CT molecular complexity index is 350. The van der Waals surface area contributed by atoms with Crippen molar-refractivity contribution in [3.05, 3.63) is 33.8 Å². The Hall–Kier alpha value is 0.240. The Morgan fingerprint density at radius 1 is 1.40 bits per heavy atom. The topological polar surface area (TPSA) is 9.23 Å². The maximum absolute atomic E-state index is 6.13. The molecule has 1 aliphatic rings. The van der Waals surface area contributed by atoms with Crippen LogP contribution < -0.4 is 0 Å². The second-order valence-corrected chi connectivity index (χ2v) is 5.45. The quantitative estimate of drug-likeness (QED) is 0.725. The number of rotatable bonds is 2. The van der Waals surface area contributed by atoms with Gasteiger partial charge in [-0.25, -0.2) is 0 Å². The molecule has 0 bridgehead atoms. The van der Waals surface area contributed by atoms with Crippen molar-refractivity contribution in [2.45, 2.75) is 23.8 Å². The lowest BCUT2D eigenvalue weighted by Crippen LogP contribution is -2.12. The highest BCUT2D eigenvalue weighted by Crippen LogP contribution is 2.38. The molecule has 1 heterocycles. The van der Waals surface area contributed by atoms with Gasteiger partial charge in [0, 0.05) is 16.7 Å². The van der Waals surface area contributed by atoms with Gasteiger partial charge in [-0.1, -0.05) is 39.1 Å². The molecule has 2 unspecified atom stereocenters. The van der Waals surface area contributed by atoms with Gasteiger partial charge in [-0.3, -0.25) is 0 Å². The van der Waals surface area contributed by atoms with E-state index in [-0.39, 0.29) is 10.9 Å². The monoisotopic (exact) mass is 308 g/mol. The van der Waals surface area contributed by atoms with Crippen LogP contribution in [0.4, 0.5) is 0 Å². The van der Waals surface area contributed by atoms with Crippen molar-refractivity contribution in [3.63, 3.8) is 0 Å². The van der Waals surface area contributed by atoms with Crippen molar-refractivity contribution in [1.82, 2.24) is 0 Å². The van der Waals surface area contributed by atoms with E-state index in [1.165, 1.54) is 0 Å². The molecule has 0 N–H and O–H groups in total. The summed E-state index contributed by atoms with van der Waals surface area (Å²) >= 11 is 15.7. The molecule has 0 spiro atoms. The lowest BCUT2D eigenvalue weighted by atomic mass is 10.1. The van der Waals surface area contributed by atoms with E-state index in [2.05, 4.69) is 15.9 Å². The molecule has 82 valence electrons. The van der Waals surface area contributed by atoms with Crippen molar-refractivity contribution in [2.24, 2.45) is 0 Å². The summed E-state index contributed by atoms with van der Waals surface area (Å²) in [6.45, 7) is 0.838. The number of alkyl halides is 1. The maximum Gasteiger partial charge on any atom is 0.0742 e. The van der Waals surface area contributed by atoms with E-state index >= 15 is 0 Å². The van der Waals surface area contributed by atoms with E-state index in [4.69, 9.17) is 27.9 Å². The molecular weight excluding hydrogens is 299 g/mol. The highest BCUT2D eigenvalue weighted by atomic mass is 79.9. The first-order valence-corrected chi connectivity index (χ1v) is 6.56. The fourth-order valence-corrected chi connectivity index (χ4v) is 3.10. The summed E-state index contributed by atoms with van der Waals surface area (Å²) in [7, 11) is 0. The van der Waals surface area contributed by atoms with Crippen LogP contribution >= 0.6 is 39.1 Å². The van der Waals surface area contributed by atoms with Crippen LogP contribution in [0.5, 0.6) is 0 Å². The Labute approximate surface area is 108 Å². The average Bonchev–Trinajstić information content (AvgIpc) is 2.74. The predicted octanol–water partition coefficient (Wildman–Crippen LogP) is 4.61. The molecule has 0 amide bonds. The molecule has 0 radical (unpaired) electrons. The summed E-state index contributed by atoms with van der Waals surface area (Å²) in [6.07, 6.45) is 2.39. The predicted molar refractivity (Wildman–Crippen MR) is 67.1 cm³/mol. The molecule has 1 aromatic rings. The molecule has 15 heavy (non-hydrogen) atoms. The standard InChI is InChI=1S/C11H11BrCl2O/c12-11(10-2-1-5-15-10)8-6-7(13)3-4-9(8)14/h3-4,6,10-11H,1-2,5H2. The lowest BCUT2D eigenvalue weighted by Gasteiger charge is -2.18. The molecule has 2 rings (SSSR count). The normalized spacial score (nSPS) is 23.0. The SMILES string of the molecule is Clc1ccc(Cl)c(C(Br)C2CCCO2)c1. The maximum atomic E-state index is 6.13. The first-order chi connectivity index (χ1) is 7.18. The van der Waals surface area contributed by atoms with Crippen LogP contribution in [0.2, 0.25) is 10.0 Å². The van der Waals surface area contributed by atoms with Crippen molar-refractivity contribution < 1.29 is 4.74 Å². The molecule has 1 aliphatic heterocycles. The zero-order valence-electron chi connectivity index (χ0n) is 8.05. The third-order valence-corrected chi connectivity index (χ3v) is 4.21. The first kappa shape index (κ1) is 11.7. The zero-order chi connectivity index (χ0) is 10.8. The summed E-state index contributed by atoms with van der Waals surface area (Å²) in [5.74, 6) is 0. The Morgan fingerprint density at radius 2 is 2.20 bits per heavy atom. The summed E-state index contributed by atoms with van der Waals surface area (Å²) in [4.78, 5) is 0.131. The fourth-order valence-electron chi connectivity index (χ4n) is 1.76. The number of halogens is 3. The van der Waals surface area contributed by atoms with Crippen LogP contribution in [-0.2, 0) is 4.74 Å². The molecule has 1 saturated heterocycles. The number of hydrogen-bond acceptors (Lipinski definition) is 1. The van der Waals surface area contributed by atoms with E-state index in [1.54, 1.807) is 6.07 Å². The highest BCUT2D eigenvalue weighted by molar-refractivity contribution is 9.09. The van der Waals surface area contributed by atoms with Gasteiger partial charge < -0.3 is 4.74 Å². The summed E-state index contributed by atoms with van der Waals surface area (Å²) in [5.41, 5.74) is 1.01. The van der Waals surface area contributed by atoms with E-state index in [0.29, 0.717) is 5.02 Å². The fraction of sp³-hybridized carbons (Fsp3) is 0.455. The molecule has 2 atom stereocenters. The highest BCUT2D eigenvalue weighted by Gasteiger charge is 2.26. The minimum Gasteiger partial charge on any atom is -0.377 e. The minimum absolute atomic E-state index is 0.131. The lowest BCUT2D eigenvalue weighted by molar-refractivity contribution is 0.110. The third kappa shape index (κ3) is 2.68. The van der Waals surface area contributed by atoms with Crippen molar-refractivity contribution >= 4 is 39.1 Å². The van der Waals surface area contributed by atoms with E-state index in [1.807, 2.05) is 12.1 Å². The van der Waals surface area contributed by atoms with Gasteiger partial charge in [0.25, 0.3) is 0 Å². The molecule has 1 fully saturated rings. The molecule has 1 nitrogen and oxygen atoms in total. The van der Waals surface area contributed by atoms with Crippen LogP contribution in [0.3, 0.4) is 0 Å².